The molecule has 0 spiro atoms. The van der Waals surface area contributed by atoms with Crippen molar-refractivity contribution < 1.29 is 19.0 Å². The molecule has 0 aromatic carbocycles. The highest BCUT2D eigenvalue weighted by Crippen LogP contribution is 2.25. The largest absolute Gasteiger partial charge is 0.465 e. The summed E-state index contributed by atoms with van der Waals surface area (Å²) in [5.74, 6) is -0.349. The predicted molar refractivity (Wildman–Crippen MR) is 63.4 cm³/mol. The summed E-state index contributed by atoms with van der Waals surface area (Å²) < 4.78 is 17.6. The van der Waals surface area contributed by atoms with Crippen LogP contribution in [0.4, 0.5) is 0 Å². The second-order valence-electron chi connectivity index (χ2n) is 4.04. The van der Waals surface area contributed by atoms with Gasteiger partial charge in [0, 0.05) is 11.7 Å². The first kappa shape index (κ1) is 11.3. The molecule has 5 nitrogen and oxygen atoms in total. The number of hydrogen-bond donors (Lipinski definition) is 0. The van der Waals surface area contributed by atoms with Gasteiger partial charge in [0.2, 0.25) is 0 Å². The summed E-state index contributed by atoms with van der Waals surface area (Å²) in [6.45, 7) is 1.18. The first-order valence-corrected chi connectivity index (χ1v) is 5.72. The van der Waals surface area contributed by atoms with Gasteiger partial charge in [0.15, 0.2) is 6.29 Å². The van der Waals surface area contributed by atoms with E-state index in [4.69, 9.17) is 14.2 Å². The van der Waals surface area contributed by atoms with Crippen molar-refractivity contribution in [1.29, 1.82) is 0 Å². The number of rotatable bonds is 2. The molecule has 0 atom stereocenters. The van der Waals surface area contributed by atoms with E-state index in [1.54, 1.807) is 12.3 Å². The van der Waals surface area contributed by atoms with E-state index in [0.29, 0.717) is 18.8 Å². The van der Waals surface area contributed by atoms with Crippen LogP contribution in [-0.2, 0) is 14.2 Å². The van der Waals surface area contributed by atoms with E-state index >= 15 is 0 Å². The maximum absolute atomic E-state index is 11.5. The van der Waals surface area contributed by atoms with Crippen LogP contribution in [0.15, 0.2) is 30.5 Å². The van der Waals surface area contributed by atoms with Crippen molar-refractivity contribution in [3.63, 3.8) is 0 Å². The van der Waals surface area contributed by atoms with Crippen molar-refractivity contribution in [2.24, 2.45) is 0 Å². The molecule has 1 saturated heterocycles. The van der Waals surface area contributed by atoms with Crippen LogP contribution >= 0.6 is 0 Å². The van der Waals surface area contributed by atoms with Crippen molar-refractivity contribution >= 4 is 11.5 Å². The number of hydrogen-bond acceptors (Lipinski definition) is 4. The van der Waals surface area contributed by atoms with Crippen LogP contribution in [0.3, 0.4) is 0 Å². The fraction of sp³-hybridized carbons (Fsp3) is 0.308. The smallest absolute Gasteiger partial charge is 0.339 e. The van der Waals surface area contributed by atoms with Gasteiger partial charge in [-0.05, 0) is 18.2 Å². The van der Waals surface area contributed by atoms with E-state index in [2.05, 4.69) is 0 Å². The van der Waals surface area contributed by atoms with Gasteiger partial charge in [-0.15, -0.1) is 0 Å². The molecule has 2 aromatic heterocycles. The molecule has 3 rings (SSSR count). The van der Waals surface area contributed by atoms with Gasteiger partial charge < -0.3 is 18.6 Å². The third-order valence-corrected chi connectivity index (χ3v) is 2.95. The number of esters is 1. The Morgan fingerprint density at radius 2 is 2.17 bits per heavy atom. The Bertz CT molecular complexity index is 584. The van der Waals surface area contributed by atoms with Gasteiger partial charge >= 0.3 is 5.97 Å². The molecule has 0 aliphatic carbocycles. The van der Waals surface area contributed by atoms with Crippen molar-refractivity contribution in [2.45, 2.75) is 6.29 Å². The topological polar surface area (TPSA) is 49.2 Å². The lowest BCUT2D eigenvalue weighted by atomic mass is 10.3. The van der Waals surface area contributed by atoms with Gasteiger partial charge in [-0.1, -0.05) is 6.07 Å². The Kier molecular flexibility index (Phi) is 2.77. The highest BCUT2D eigenvalue weighted by Gasteiger charge is 2.21. The van der Waals surface area contributed by atoms with Crippen LogP contribution in [-0.4, -0.2) is 30.7 Å². The molecule has 5 heteroatoms. The number of fused-ring (bicyclic) bond motifs is 1. The van der Waals surface area contributed by atoms with E-state index in [9.17, 15) is 4.79 Å². The van der Waals surface area contributed by atoms with Gasteiger partial charge in [-0.2, -0.15) is 0 Å². The minimum absolute atomic E-state index is 0.349. The summed E-state index contributed by atoms with van der Waals surface area (Å²) in [7, 11) is 1.37. The Balaban J connectivity index is 2.09. The number of methoxy groups -OCH3 is 1. The second-order valence-corrected chi connectivity index (χ2v) is 4.04. The quantitative estimate of drug-likeness (QED) is 0.759. The molecule has 18 heavy (non-hydrogen) atoms. The molecule has 0 bridgehead atoms. The third kappa shape index (κ3) is 1.77. The Hall–Kier alpha value is -1.85. The van der Waals surface area contributed by atoms with E-state index in [1.165, 1.54) is 7.11 Å². The molecule has 1 fully saturated rings. The third-order valence-electron chi connectivity index (χ3n) is 2.95. The van der Waals surface area contributed by atoms with Gasteiger partial charge in [0.25, 0.3) is 0 Å². The van der Waals surface area contributed by atoms with Crippen LogP contribution in [0.2, 0.25) is 0 Å². The van der Waals surface area contributed by atoms with Crippen molar-refractivity contribution in [1.82, 2.24) is 4.40 Å². The Morgan fingerprint density at radius 1 is 1.39 bits per heavy atom. The fourth-order valence-corrected chi connectivity index (χ4v) is 2.11. The van der Waals surface area contributed by atoms with Crippen LogP contribution < -0.4 is 0 Å². The summed E-state index contributed by atoms with van der Waals surface area (Å²) in [6, 6.07) is 7.54. The number of carbonyl (C=O) groups is 1. The molecule has 1 aliphatic heterocycles. The molecule has 0 radical (unpaired) electrons. The zero-order chi connectivity index (χ0) is 12.5. The molecular formula is C13H13NO4. The van der Waals surface area contributed by atoms with Crippen molar-refractivity contribution in [3.8, 4) is 0 Å². The number of nitrogens with zero attached hydrogens (tertiary/aromatic N) is 1. The van der Waals surface area contributed by atoms with Gasteiger partial charge in [0.05, 0.1) is 31.6 Å². The first-order valence-electron chi connectivity index (χ1n) is 5.72. The second kappa shape index (κ2) is 4.44. The lowest BCUT2D eigenvalue weighted by Crippen LogP contribution is -2.04. The highest BCUT2D eigenvalue weighted by molar-refractivity contribution is 5.91. The minimum atomic E-state index is -0.369. The molecular weight excluding hydrogens is 234 g/mol. The predicted octanol–water partition coefficient (Wildman–Crippen LogP) is 1.77. The summed E-state index contributed by atoms with van der Waals surface area (Å²) in [5, 5.41) is 0. The van der Waals surface area contributed by atoms with Crippen molar-refractivity contribution in [3.05, 3.63) is 41.7 Å². The fourth-order valence-electron chi connectivity index (χ4n) is 2.11. The molecule has 0 unspecified atom stereocenters. The maximum Gasteiger partial charge on any atom is 0.339 e. The number of pyridine rings is 1. The average Bonchev–Trinajstić information content (AvgIpc) is 3.05. The van der Waals surface area contributed by atoms with Crippen LogP contribution in [0.1, 0.15) is 22.3 Å². The highest BCUT2D eigenvalue weighted by atomic mass is 16.7. The zero-order valence-electron chi connectivity index (χ0n) is 9.96. The SMILES string of the molecule is COC(=O)c1cc2cccc(C3OCCO3)n2c1. The Morgan fingerprint density at radius 3 is 2.89 bits per heavy atom. The monoisotopic (exact) mass is 247 g/mol. The molecule has 0 saturated carbocycles. The zero-order valence-corrected chi connectivity index (χ0v) is 9.96. The number of ether oxygens (including phenoxy) is 3. The molecule has 0 N–H and O–H groups in total. The standard InChI is InChI=1S/C13H13NO4/c1-16-12(15)9-7-10-3-2-4-11(14(10)8-9)13-17-5-6-18-13/h2-4,7-8,13H,5-6H2,1H3. The van der Waals surface area contributed by atoms with E-state index in [-0.39, 0.29) is 12.3 Å². The molecule has 0 amide bonds. The van der Waals surface area contributed by atoms with Gasteiger partial charge in [-0.3, -0.25) is 0 Å². The van der Waals surface area contributed by atoms with Gasteiger partial charge in [0.1, 0.15) is 0 Å². The van der Waals surface area contributed by atoms with E-state index in [1.807, 2.05) is 22.6 Å². The molecule has 2 aromatic rings. The Labute approximate surface area is 104 Å². The van der Waals surface area contributed by atoms with Gasteiger partial charge in [-0.25, -0.2) is 4.79 Å². The van der Waals surface area contributed by atoms with Crippen molar-refractivity contribution in [2.75, 3.05) is 20.3 Å². The van der Waals surface area contributed by atoms with E-state index in [0.717, 1.165) is 11.2 Å². The summed E-state index contributed by atoms with van der Waals surface area (Å²) in [6.07, 6.45) is 1.37. The lowest BCUT2D eigenvalue weighted by Gasteiger charge is -2.11. The van der Waals surface area contributed by atoms with Crippen LogP contribution in [0.5, 0.6) is 0 Å². The summed E-state index contributed by atoms with van der Waals surface area (Å²) >= 11 is 0. The molecule has 94 valence electrons. The van der Waals surface area contributed by atoms with Crippen LogP contribution in [0.25, 0.3) is 5.52 Å². The van der Waals surface area contributed by atoms with Crippen LogP contribution in [0, 0.1) is 0 Å². The number of aromatic nitrogens is 1. The normalized spacial score (nSPS) is 16.3. The summed E-state index contributed by atoms with van der Waals surface area (Å²) in [4.78, 5) is 11.5. The number of carbonyl (C=O) groups excluding carboxylic acids is 1. The lowest BCUT2D eigenvalue weighted by molar-refractivity contribution is -0.0480. The first-order chi connectivity index (χ1) is 8.79. The summed E-state index contributed by atoms with van der Waals surface area (Å²) in [5.41, 5.74) is 2.30. The maximum atomic E-state index is 11.5. The van der Waals surface area contributed by atoms with E-state index < -0.39 is 0 Å². The molecule has 1 aliphatic rings. The minimum Gasteiger partial charge on any atom is -0.465 e. The molecule has 3 heterocycles. The average molecular weight is 247 g/mol.